The van der Waals surface area contributed by atoms with Crippen molar-refractivity contribution in [1.29, 1.82) is 0 Å². The summed E-state index contributed by atoms with van der Waals surface area (Å²) in [5.74, 6) is -1.56. The first-order valence-electron chi connectivity index (χ1n) is 11.1. The molecule has 2 bridgehead atoms. The number of nitrogens with zero attached hydrogens (tertiary/aromatic N) is 1. The third-order valence-corrected chi connectivity index (χ3v) is 8.79. The van der Waals surface area contributed by atoms with E-state index in [2.05, 4.69) is 10.6 Å². The molecule has 1 aromatic carbocycles. The van der Waals surface area contributed by atoms with Crippen LogP contribution in [-0.2, 0) is 14.4 Å². The number of anilines is 1. The lowest BCUT2D eigenvalue weighted by atomic mass is 9.70. The molecule has 6 atom stereocenters. The molecule has 3 saturated heterocycles. The second-order valence-electron chi connectivity index (χ2n) is 9.06. The number of nitrogens with one attached hydrogen (secondary N) is 2. The molecule has 8 heteroatoms. The number of likely N-dealkylation sites (tertiary alicyclic amines) is 1. The van der Waals surface area contributed by atoms with Gasteiger partial charge in [-0.3, -0.25) is 14.4 Å². The summed E-state index contributed by atoms with van der Waals surface area (Å²) in [4.78, 5) is 42.0. The van der Waals surface area contributed by atoms with Gasteiger partial charge in [0.1, 0.15) is 6.04 Å². The van der Waals surface area contributed by atoms with E-state index in [4.69, 9.17) is 0 Å². The zero-order valence-electron chi connectivity index (χ0n) is 18.2. The standard InChI is InChI=1S/C23H31N3O4S/c1-4-15(12-27)26-19(21(29)24-13(2)3)23-11-10-16(31-23)17(18(23)22(26)30)20(28)25-14-8-6-5-7-9-14/h5-9,13,15-19,27H,4,10-12H2,1-3H3,(H,24,29)(H,25,28)/t15-,16-,17+,18-,19?,23?/m0/s1. The van der Waals surface area contributed by atoms with Crippen LogP contribution in [0, 0.1) is 11.8 Å². The summed E-state index contributed by atoms with van der Waals surface area (Å²) < 4.78 is -0.623. The van der Waals surface area contributed by atoms with Crippen LogP contribution >= 0.6 is 11.8 Å². The molecular formula is C23H31N3O4S. The number of thioether (sulfide) groups is 1. The van der Waals surface area contributed by atoms with Gasteiger partial charge in [-0.15, -0.1) is 11.8 Å². The third kappa shape index (κ3) is 3.53. The van der Waals surface area contributed by atoms with Crippen molar-refractivity contribution in [2.24, 2.45) is 11.8 Å². The number of para-hydroxylation sites is 1. The molecule has 31 heavy (non-hydrogen) atoms. The van der Waals surface area contributed by atoms with Gasteiger partial charge < -0.3 is 20.6 Å². The summed E-state index contributed by atoms with van der Waals surface area (Å²) >= 11 is 1.64. The summed E-state index contributed by atoms with van der Waals surface area (Å²) in [7, 11) is 0. The van der Waals surface area contributed by atoms with Gasteiger partial charge in [0.25, 0.3) is 0 Å². The Hall–Kier alpha value is -2.06. The highest BCUT2D eigenvalue weighted by Crippen LogP contribution is 2.66. The number of hydrogen-bond donors (Lipinski definition) is 3. The maximum Gasteiger partial charge on any atom is 0.244 e. The molecule has 4 rings (SSSR count). The first kappa shape index (κ1) is 22.1. The number of aliphatic hydroxyl groups is 1. The van der Waals surface area contributed by atoms with Gasteiger partial charge in [-0.05, 0) is 45.2 Å². The molecule has 0 saturated carbocycles. The fraction of sp³-hybridized carbons (Fsp3) is 0.609. The van der Waals surface area contributed by atoms with E-state index in [9.17, 15) is 19.5 Å². The second kappa shape index (κ2) is 8.47. The van der Waals surface area contributed by atoms with Crippen molar-refractivity contribution in [3.63, 3.8) is 0 Å². The van der Waals surface area contributed by atoms with Gasteiger partial charge in [-0.25, -0.2) is 0 Å². The van der Waals surface area contributed by atoms with Crippen molar-refractivity contribution in [3.8, 4) is 0 Å². The molecule has 1 aromatic rings. The van der Waals surface area contributed by atoms with E-state index < -0.39 is 28.7 Å². The van der Waals surface area contributed by atoms with Crippen LogP contribution < -0.4 is 10.6 Å². The fourth-order valence-electron chi connectivity index (χ4n) is 5.61. The average molecular weight is 446 g/mol. The molecule has 3 heterocycles. The van der Waals surface area contributed by atoms with E-state index in [0.717, 1.165) is 12.8 Å². The quantitative estimate of drug-likeness (QED) is 0.596. The monoisotopic (exact) mass is 445 g/mol. The summed E-state index contributed by atoms with van der Waals surface area (Å²) in [6, 6.07) is 8.08. The minimum atomic E-state index is -0.672. The molecule has 7 nitrogen and oxygen atoms in total. The fourth-order valence-corrected chi connectivity index (χ4v) is 7.81. The topological polar surface area (TPSA) is 98.7 Å². The Labute approximate surface area is 187 Å². The summed E-state index contributed by atoms with van der Waals surface area (Å²) in [5.41, 5.74) is 0.701. The Morgan fingerprint density at radius 1 is 1.26 bits per heavy atom. The Morgan fingerprint density at radius 3 is 2.58 bits per heavy atom. The molecule has 3 aliphatic rings. The number of aliphatic hydroxyl groups excluding tert-OH is 1. The molecule has 168 valence electrons. The second-order valence-corrected chi connectivity index (χ2v) is 10.7. The number of rotatable bonds is 7. The van der Waals surface area contributed by atoms with E-state index >= 15 is 0 Å². The first-order chi connectivity index (χ1) is 14.8. The summed E-state index contributed by atoms with van der Waals surface area (Å²) in [6.45, 7) is 5.49. The Balaban J connectivity index is 1.70. The van der Waals surface area contributed by atoms with E-state index in [-0.39, 0.29) is 35.6 Å². The van der Waals surface area contributed by atoms with Crippen LogP contribution in [0.2, 0.25) is 0 Å². The van der Waals surface area contributed by atoms with Gasteiger partial charge in [0.05, 0.1) is 29.2 Å². The third-order valence-electron chi connectivity index (χ3n) is 6.84. The number of hydrogen-bond acceptors (Lipinski definition) is 5. The normalized spacial score (nSPS) is 32.3. The van der Waals surface area contributed by atoms with Gasteiger partial charge in [0.15, 0.2) is 0 Å². The predicted molar refractivity (Wildman–Crippen MR) is 120 cm³/mol. The lowest BCUT2D eigenvalue weighted by Crippen LogP contribution is -2.57. The van der Waals surface area contributed by atoms with Gasteiger partial charge in [0.2, 0.25) is 17.7 Å². The zero-order chi connectivity index (χ0) is 22.3. The van der Waals surface area contributed by atoms with Crippen molar-refractivity contribution in [3.05, 3.63) is 30.3 Å². The Morgan fingerprint density at radius 2 is 1.97 bits per heavy atom. The summed E-state index contributed by atoms with van der Waals surface area (Å²) in [6.07, 6.45) is 2.07. The van der Waals surface area contributed by atoms with Crippen molar-refractivity contribution in [2.45, 2.75) is 68.2 Å². The van der Waals surface area contributed by atoms with E-state index in [0.29, 0.717) is 12.1 Å². The number of carbonyl (C=O) groups is 3. The first-order valence-corrected chi connectivity index (χ1v) is 12.0. The van der Waals surface area contributed by atoms with Crippen LogP contribution in [0.25, 0.3) is 0 Å². The van der Waals surface area contributed by atoms with Crippen molar-refractivity contribution >= 4 is 35.2 Å². The zero-order valence-corrected chi connectivity index (χ0v) is 19.0. The molecule has 3 amide bonds. The van der Waals surface area contributed by atoms with Gasteiger partial charge >= 0.3 is 0 Å². The minimum Gasteiger partial charge on any atom is -0.394 e. The van der Waals surface area contributed by atoms with Gasteiger partial charge in [-0.2, -0.15) is 0 Å². The Kier molecular flexibility index (Phi) is 6.05. The van der Waals surface area contributed by atoms with Gasteiger partial charge in [-0.1, -0.05) is 25.1 Å². The number of carbonyl (C=O) groups excluding carboxylic acids is 3. The average Bonchev–Trinajstić information content (AvgIpc) is 3.37. The van der Waals surface area contributed by atoms with Crippen molar-refractivity contribution in [1.82, 2.24) is 10.2 Å². The van der Waals surface area contributed by atoms with E-state index in [1.807, 2.05) is 51.1 Å². The minimum absolute atomic E-state index is 0.0170. The number of fused-ring (bicyclic) bond motifs is 1. The maximum absolute atomic E-state index is 13.7. The lowest BCUT2D eigenvalue weighted by molar-refractivity contribution is -0.142. The number of amides is 3. The van der Waals surface area contributed by atoms with Crippen LogP contribution in [0.3, 0.4) is 0 Å². The highest BCUT2D eigenvalue weighted by Gasteiger charge is 2.74. The molecule has 0 aromatic heterocycles. The molecule has 3 fully saturated rings. The molecule has 0 radical (unpaired) electrons. The maximum atomic E-state index is 13.7. The molecule has 3 N–H and O–H groups in total. The molecular weight excluding hydrogens is 414 g/mol. The Bertz CT molecular complexity index is 860. The van der Waals surface area contributed by atoms with Crippen molar-refractivity contribution in [2.75, 3.05) is 11.9 Å². The largest absolute Gasteiger partial charge is 0.394 e. The molecule has 2 unspecified atom stereocenters. The highest BCUT2D eigenvalue weighted by molar-refractivity contribution is 8.02. The van der Waals surface area contributed by atoms with Crippen molar-refractivity contribution < 1.29 is 19.5 Å². The van der Waals surface area contributed by atoms with Crippen LogP contribution in [0.1, 0.15) is 40.0 Å². The number of benzene rings is 1. The molecule has 1 spiro atoms. The lowest BCUT2D eigenvalue weighted by Gasteiger charge is -2.37. The smallest absolute Gasteiger partial charge is 0.244 e. The van der Waals surface area contributed by atoms with Gasteiger partial charge in [0, 0.05) is 17.0 Å². The molecule has 0 aliphatic carbocycles. The van der Waals surface area contributed by atoms with E-state index in [1.54, 1.807) is 16.7 Å². The van der Waals surface area contributed by atoms with Crippen LogP contribution in [-0.4, -0.2) is 62.5 Å². The summed E-state index contributed by atoms with van der Waals surface area (Å²) in [5, 5.41) is 15.9. The van der Waals surface area contributed by atoms with E-state index in [1.165, 1.54) is 0 Å². The highest BCUT2D eigenvalue weighted by atomic mass is 32.2. The predicted octanol–water partition coefficient (Wildman–Crippen LogP) is 2.01. The van der Waals surface area contributed by atoms with Crippen LogP contribution in [0.15, 0.2) is 30.3 Å². The SMILES string of the molecule is CC[C@@H](CO)N1C(=O)[C@@H]2[C@H](C(=O)Nc3ccccc3)[C@@H]3CCC2(S3)C1C(=O)NC(C)C. The molecule has 3 aliphatic heterocycles. The van der Waals surface area contributed by atoms with Crippen LogP contribution in [0.4, 0.5) is 5.69 Å². The van der Waals surface area contributed by atoms with Crippen LogP contribution in [0.5, 0.6) is 0 Å².